The van der Waals surface area contributed by atoms with Crippen LogP contribution in [0.1, 0.15) is 10.5 Å². The Balaban J connectivity index is 2.64. The Morgan fingerprint density at radius 3 is 2.79 bits per heavy atom. The third kappa shape index (κ3) is 3.06. The summed E-state index contributed by atoms with van der Waals surface area (Å²) >= 11 is 5.54. The molecule has 0 bridgehead atoms. The number of carbonyl (C=O) groups is 1. The third-order valence-electron chi connectivity index (χ3n) is 1.47. The number of aromatic carboxylic acids is 1. The molecule has 4 nitrogen and oxygen atoms in total. The molecule has 1 aromatic rings. The largest absolute Gasteiger partial charge is 0.477 e. The van der Waals surface area contributed by atoms with Crippen LogP contribution in [0.3, 0.4) is 0 Å². The standard InChI is InChI=1S/C9H9ClN2O2/c1-6(10)4-11-7-2-3-8(9(13)14)12-5-7/h2-3,5,11H,1,4H2,(H,13,14). The van der Waals surface area contributed by atoms with Crippen LogP contribution in [0.15, 0.2) is 29.9 Å². The predicted molar refractivity (Wildman–Crippen MR) is 54.7 cm³/mol. The maximum Gasteiger partial charge on any atom is 0.354 e. The van der Waals surface area contributed by atoms with Gasteiger partial charge in [0, 0.05) is 5.03 Å². The lowest BCUT2D eigenvalue weighted by molar-refractivity contribution is 0.0690. The van der Waals surface area contributed by atoms with Gasteiger partial charge in [-0.25, -0.2) is 9.78 Å². The molecule has 0 aliphatic rings. The highest BCUT2D eigenvalue weighted by Crippen LogP contribution is 2.07. The molecule has 0 radical (unpaired) electrons. The van der Waals surface area contributed by atoms with Crippen molar-refractivity contribution in [3.8, 4) is 0 Å². The zero-order chi connectivity index (χ0) is 10.6. The second kappa shape index (κ2) is 4.62. The van der Waals surface area contributed by atoms with Crippen LogP contribution < -0.4 is 5.32 Å². The number of hydrogen-bond donors (Lipinski definition) is 2. The van der Waals surface area contributed by atoms with Crippen molar-refractivity contribution in [1.29, 1.82) is 0 Å². The second-order valence-electron chi connectivity index (χ2n) is 2.61. The van der Waals surface area contributed by atoms with Crippen LogP contribution >= 0.6 is 11.6 Å². The fourth-order valence-corrected chi connectivity index (χ4v) is 0.890. The molecule has 14 heavy (non-hydrogen) atoms. The fourth-order valence-electron chi connectivity index (χ4n) is 0.823. The number of halogens is 1. The van der Waals surface area contributed by atoms with Crippen molar-refractivity contribution in [2.24, 2.45) is 0 Å². The molecule has 0 spiro atoms. The van der Waals surface area contributed by atoms with Gasteiger partial charge in [-0.2, -0.15) is 0 Å². The van der Waals surface area contributed by atoms with Crippen molar-refractivity contribution in [3.05, 3.63) is 35.6 Å². The molecule has 0 saturated heterocycles. The Hall–Kier alpha value is -1.55. The zero-order valence-electron chi connectivity index (χ0n) is 7.33. The van der Waals surface area contributed by atoms with Gasteiger partial charge in [0.05, 0.1) is 18.4 Å². The molecular formula is C9H9ClN2O2. The van der Waals surface area contributed by atoms with Crippen molar-refractivity contribution < 1.29 is 9.90 Å². The number of carboxylic acid groups (broad SMARTS) is 1. The van der Waals surface area contributed by atoms with Crippen molar-refractivity contribution in [2.75, 3.05) is 11.9 Å². The van der Waals surface area contributed by atoms with Crippen LogP contribution in [0.2, 0.25) is 0 Å². The molecule has 5 heteroatoms. The van der Waals surface area contributed by atoms with Gasteiger partial charge in [0.2, 0.25) is 0 Å². The first-order valence-corrected chi connectivity index (χ1v) is 4.24. The first-order chi connectivity index (χ1) is 6.59. The summed E-state index contributed by atoms with van der Waals surface area (Å²) in [7, 11) is 0. The van der Waals surface area contributed by atoms with Crippen LogP contribution in [0.25, 0.3) is 0 Å². The van der Waals surface area contributed by atoms with Gasteiger partial charge in [0.25, 0.3) is 0 Å². The number of rotatable bonds is 4. The van der Waals surface area contributed by atoms with Crippen LogP contribution in [0.5, 0.6) is 0 Å². The summed E-state index contributed by atoms with van der Waals surface area (Å²) in [6, 6.07) is 3.04. The Bertz CT molecular complexity index is 348. The lowest BCUT2D eigenvalue weighted by atomic mass is 10.3. The number of hydrogen-bond acceptors (Lipinski definition) is 3. The molecule has 1 aromatic heterocycles. The summed E-state index contributed by atoms with van der Waals surface area (Å²) in [6.07, 6.45) is 1.43. The summed E-state index contributed by atoms with van der Waals surface area (Å²) in [5.41, 5.74) is 0.719. The number of aromatic nitrogens is 1. The Kier molecular flexibility index (Phi) is 3.48. The van der Waals surface area contributed by atoms with Gasteiger partial charge in [-0.05, 0) is 12.1 Å². The van der Waals surface area contributed by atoms with Crippen molar-refractivity contribution in [3.63, 3.8) is 0 Å². The van der Waals surface area contributed by atoms with Gasteiger partial charge >= 0.3 is 5.97 Å². The monoisotopic (exact) mass is 212 g/mol. The van der Waals surface area contributed by atoms with Crippen LogP contribution in [0, 0.1) is 0 Å². The lowest BCUT2D eigenvalue weighted by Gasteiger charge is -2.03. The second-order valence-corrected chi connectivity index (χ2v) is 3.14. The van der Waals surface area contributed by atoms with Gasteiger partial charge in [0.15, 0.2) is 0 Å². The minimum absolute atomic E-state index is 0.0141. The molecule has 0 fully saturated rings. The summed E-state index contributed by atoms with van der Waals surface area (Å²) in [4.78, 5) is 14.2. The highest BCUT2D eigenvalue weighted by molar-refractivity contribution is 6.29. The van der Waals surface area contributed by atoms with E-state index in [1.807, 2.05) is 0 Å². The minimum atomic E-state index is -1.04. The first-order valence-electron chi connectivity index (χ1n) is 3.86. The van der Waals surface area contributed by atoms with Gasteiger partial charge in [-0.15, -0.1) is 0 Å². The molecule has 2 N–H and O–H groups in total. The highest BCUT2D eigenvalue weighted by Gasteiger charge is 2.02. The smallest absolute Gasteiger partial charge is 0.354 e. The molecule has 0 saturated carbocycles. The molecule has 0 atom stereocenters. The van der Waals surface area contributed by atoms with E-state index < -0.39 is 5.97 Å². The van der Waals surface area contributed by atoms with Crippen molar-refractivity contribution >= 4 is 23.3 Å². The van der Waals surface area contributed by atoms with E-state index in [0.717, 1.165) is 0 Å². The summed E-state index contributed by atoms with van der Waals surface area (Å²) in [5.74, 6) is -1.04. The molecule has 0 aliphatic carbocycles. The molecule has 0 aliphatic heterocycles. The number of pyridine rings is 1. The van der Waals surface area contributed by atoms with Crippen molar-refractivity contribution in [1.82, 2.24) is 4.98 Å². The Morgan fingerprint density at radius 2 is 2.36 bits per heavy atom. The SMILES string of the molecule is C=C(Cl)CNc1ccc(C(=O)O)nc1. The summed E-state index contributed by atoms with van der Waals surface area (Å²) < 4.78 is 0. The lowest BCUT2D eigenvalue weighted by Crippen LogP contribution is -2.03. The Morgan fingerprint density at radius 1 is 1.64 bits per heavy atom. The van der Waals surface area contributed by atoms with Crippen LogP contribution in [0.4, 0.5) is 5.69 Å². The first kappa shape index (κ1) is 10.5. The molecule has 0 unspecified atom stereocenters. The van der Waals surface area contributed by atoms with E-state index in [0.29, 0.717) is 17.3 Å². The molecule has 74 valence electrons. The fraction of sp³-hybridized carbons (Fsp3) is 0.111. The van der Waals surface area contributed by atoms with Crippen molar-refractivity contribution in [2.45, 2.75) is 0 Å². The zero-order valence-corrected chi connectivity index (χ0v) is 8.08. The summed E-state index contributed by atoms with van der Waals surface area (Å²) in [5, 5.41) is 12.0. The normalized spacial score (nSPS) is 9.50. The van der Waals surface area contributed by atoms with Gasteiger partial charge < -0.3 is 10.4 Å². The third-order valence-corrected chi connectivity index (χ3v) is 1.60. The molecule has 1 heterocycles. The van der Waals surface area contributed by atoms with E-state index in [-0.39, 0.29) is 5.69 Å². The van der Waals surface area contributed by atoms with E-state index in [2.05, 4.69) is 16.9 Å². The Labute approximate surface area is 86.2 Å². The van der Waals surface area contributed by atoms with E-state index in [4.69, 9.17) is 16.7 Å². The topological polar surface area (TPSA) is 62.2 Å². The van der Waals surface area contributed by atoms with E-state index in [1.165, 1.54) is 12.3 Å². The van der Waals surface area contributed by atoms with Crippen LogP contribution in [-0.4, -0.2) is 22.6 Å². The average Bonchev–Trinajstić information content (AvgIpc) is 2.15. The molecular weight excluding hydrogens is 204 g/mol. The highest BCUT2D eigenvalue weighted by atomic mass is 35.5. The molecule has 0 aromatic carbocycles. The number of carboxylic acids is 1. The number of nitrogens with one attached hydrogen (secondary N) is 1. The molecule has 0 amide bonds. The maximum absolute atomic E-state index is 10.5. The summed E-state index contributed by atoms with van der Waals surface area (Å²) in [6.45, 7) is 3.93. The quantitative estimate of drug-likeness (QED) is 0.801. The average molecular weight is 213 g/mol. The van der Waals surface area contributed by atoms with E-state index in [9.17, 15) is 4.79 Å². The maximum atomic E-state index is 10.5. The van der Waals surface area contributed by atoms with E-state index in [1.54, 1.807) is 6.07 Å². The van der Waals surface area contributed by atoms with Crippen LogP contribution in [-0.2, 0) is 0 Å². The van der Waals surface area contributed by atoms with Gasteiger partial charge in [-0.3, -0.25) is 0 Å². The van der Waals surface area contributed by atoms with Gasteiger partial charge in [-0.1, -0.05) is 18.2 Å². The van der Waals surface area contributed by atoms with E-state index >= 15 is 0 Å². The number of anilines is 1. The van der Waals surface area contributed by atoms with Gasteiger partial charge in [0.1, 0.15) is 5.69 Å². The minimum Gasteiger partial charge on any atom is -0.477 e. The number of nitrogens with zero attached hydrogens (tertiary/aromatic N) is 1. The predicted octanol–water partition coefficient (Wildman–Crippen LogP) is 1.94. The molecule has 1 rings (SSSR count).